The van der Waals surface area contributed by atoms with Crippen molar-refractivity contribution >= 4 is 15.9 Å². The fraction of sp³-hybridized carbons (Fsp3) is 0.938. The maximum atomic E-state index is 12.8. The molecule has 8 heteroatoms. The third-order valence-corrected chi connectivity index (χ3v) is 7.38. The van der Waals surface area contributed by atoms with Gasteiger partial charge in [-0.15, -0.1) is 0 Å². The summed E-state index contributed by atoms with van der Waals surface area (Å²) in [5.74, 6) is 0.310. The maximum Gasteiger partial charge on any atom is 0.237 e. The summed E-state index contributed by atoms with van der Waals surface area (Å²) >= 11 is 0. The molecule has 7 nitrogen and oxygen atoms in total. The number of piperazine rings is 1. The largest absolute Gasteiger partial charge is 0.374 e. The van der Waals surface area contributed by atoms with E-state index in [0.29, 0.717) is 45.9 Å². The Bertz CT molecular complexity index is 544. The Morgan fingerprint density at radius 1 is 1.08 bits per heavy atom. The zero-order chi connectivity index (χ0) is 17.2. The van der Waals surface area contributed by atoms with Crippen molar-refractivity contribution in [1.29, 1.82) is 0 Å². The van der Waals surface area contributed by atoms with Gasteiger partial charge in [0.15, 0.2) is 0 Å². The summed E-state index contributed by atoms with van der Waals surface area (Å²) in [5, 5.41) is 0. The lowest BCUT2D eigenvalue weighted by molar-refractivity contribution is -0.150. The van der Waals surface area contributed by atoms with E-state index in [9.17, 15) is 13.2 Å². The molecule has 2 atom stereocenters. The van der Waals surface area contributed by atoms with Gasteiger partial charge in [-0.05, 0) is 19.8 Å². The molecule has 2 heterocycles. The highest BCUT2D eigenvalue weighted by molar-refractivity contribution is 7.89. The smallest absolute Gasteiger partial charge is 0.237 e. The SMILES string of the molecule is CCS(=O)(=O)N1CCN(CC(=O)N2CCOC3CCCCC32)CC1. The number of hydrogen-bond acceptors (Lipinski definition) is 5. The van der Waals surface area contributed by atoms with Crippen molar-refractivity contribution in [3.8, 4) is 0 Å². The first-order valence-electron chi connectivity index (χ1n) is 9.12. The van der Waals surface area contributed by atoms with Gasteiger partial charge in [-0.1, -0.05) is 12.8 Å². The molecule has 0 N–H and O–H groups in total. The van der Waals surface area contributed by atoms with Gasteiger partial charge in [0.25, 0.3) is 0 Å². The van der Waals surface area contributed by atoms with Crippen LogP contribution in [0.1, 0.15) is 32.6 Å². The second-order valence-electron chi connectivity index (χ2n) is 6.92. The number of carbonyl (C=O) groups excluding carboxylic acids is 1. The van der Waals surface area contributed by atoms with Gasteiger partial charge < -0.3 is 9.64 Å². The Balaban J connectivity index is 1.52. The average Bonchev–Trinajstić information content (AvgIpc) is 2.61. The van der Waals surface area contributed by atoms with Crippen LogP contribution in [0.3, 0.4) is 0 Å². The molecule has 0 bridgehead atoms. The minimum atomic E-state index is -3.11. The standard InChI is InChI=1S/C16H29N3O4S/c1-2-24(21,22)18-9-7-17(8-10-18)13-16(20)19-11-12-23-15-6-4-3-5-14(15)19/h14-15H,2-13H2,1H3. The summed E-state index contributed by atoms with van der Waals surface area (Å²) in [5.41, 5.74) is 0. The van der Waals surface area contributed by atoms with Crippen LogP contribution >= 0.6 is 0 Å². The number of morpholine rings is 1. The molecule has 1 amide bonds. The van der Waals surface area contributed by atoms with Crippen molar-refractivity contribution in [3.63, 3.8) is 0 Å². The molecule has 1 aliphatic carbocycles. The van der Waals surface area contributed by atoms with Gasteiger partial charge in [-0.3, -0.25) is 9.69 Å². The topological polar surface area (TPSA) is 70.2 Å². The fourth-order valence-electron chi connectivity index (χ4n) is 4.04. The molecule has 0 aromatic rings. The molecule has 3 fully saturated rings. The Morgan fingerprint density at radius 2 is 1.79 bits per heavy atom. The van der Waals surface area contributed by atoms with Gasteiger partial charge in [-0.2, -0.15) is 4.31 Å². The average molecular weight is 359 g/mol. The molecular weight excluding hydrogens is 330 g/mol. The molecule has 0 radical (unpaired) electrons. The Kier molecular flexibility index (Phi) is 5.79. The van der Waals surface area contributed by atoms with Gasteiger partial charge in [-0.25, -0.2) is 8.42 Å². The number of ether oxygens (including phenoxy) is 1. The lowest BCUT2D eigenvalue weighted by Crippen LogP contribution is -2.58. The van der Waals surface area contributed by atoms with Gasteiger partial charge >= 0.3 is 0 Å². The zero-order valence-electron chi connectivity index (χ0n) is 14.5. The van der Waals surface area contributed by atoms with Crippen molar-refractivity contribution in [2.45, 2.75) is 44.8 Å². The van der Waals surface area contributed by atoms with Gasteiger partial charge in [0, 0.05) is 32.7 Å². The third kappa shape index (κ3) is 3.92. The lowest BCUT2D eigenvalue weighted by atomic mass is 9.90. The van der Waals surface area contributed by atoms with Crippen LogP contribution in [0.15, 0.2) is 0 Å². The highest BCUT2D eigenvalue weighted by Crippen LogP contribution is 2.28. The third-order valence-electron chi connectivity index (χ3n) is 5.50. The number of hydrogen-bond donors (Lipinski definition) is 0. The van der Waals surface area contributed by atoms with Crippen LogP contribution in [0.25, 0.3) is 0 Å². The van der Waals surface area contributed by atoms with Crippen LogP contribution in [0, 0.1) is 0 Å². The number of nitrogens with zero attached hydrogens (tertiary/aromatic N) is 3. The molecule has 2 aliphatic heterocycles. The van der Waals surface area contributed by atoms with Gasteiger partial charge in [0.05, 0.1) is 31.1 Å². The molecule has 0 spiro atoms. The summed E-state index contributed by atoms with van der Waals surface area (Å²) in [6, 6.07) is 0.238. The molecule has 3 aliphatic rings. The molecule has 138 valence electrons. The van der Waals surface area contributed by atoms with E-state index in [4.69, 9.17) is 4.74 Å². The van der Waals surface area contributed by atoms with E-state index in [1.807, 2.05) is 4.90 Å². The first-order chi connectivity index (χ1) is 11.5. The Labute approximate surface area is 145 Å². The van der Waals surface area contributed by atoms with E-state index in [0.717, 1.165) is 12.8 Å². The number of rotatable bonds is 4. The molecular formula is C16H29N3O4S. The van der Waals surface area contributed by atoms with E-state index in [1.165, 1.54) is 12.8 Å². The first-order valence-corrected chi connectivity index (χ1v) is 10.7. The molecule has 2 unspecified atom stereocenters. The summed E-state index contributed by atoms with van der Waals surface area (Å²) < 4.78 is 31.2. The van der Waals surface area contributed by atoms with Crippen LogP contribution in [0.4, 0.5) is 0 Å². The predicted octanol–water partition coefficient (Wildman–Crippen LogP) is 0.124. The van der Waals surface area contributed by atoms with Crippen LogP contribution in [0.2, 0.25) is 0 Å². The number of sulfonamides is 1. The van der Waals surface area contributed by atoms with Gasteiger partial charge in [0.1, 0.15) is 0 Å². The van der Waals surface area contributed by atoms with Crippen molar-refractivity contribution in [2.24, 2.45) is 0 Å². The van der Waals surface area contributed by atoms with Crippen LogP contribution in [-0.4, -0.2) is 92.2 Å². The normalized spacial score (nSPS) is 30.1. The van der Waals surface area contributed by atoms with Crippen LogP contribution in [0.5, 0.6) is 0 Å². The van der Waals surface area contributed by atoms with Crippen molar-refractivity contribution in [2.75, 3.05) is 51.6 Å². The Morgan fingerprint density at radius 3 is 2.50 bits per heavy atom. The summed E-state index contributed by atoms with van der Waals surface area (Å²) in [7, 11) is -3.11. The molecule has 2 saturated heterocycles. The molecule has 3 rings (SSSR count). The lowest BCUT2D eigenvalue weighted by Gasteiger charge is -2.44. The van der Waals surface area contributed by atoms with Crippen molar-refractivity contribution in [1.82, 2.24) is 14.1 Å². The summed E-state index contributed by atoms with van der Waals surface area (Å²) in [6.45, 7) is 5.61. The Hall–Kier alpha value is -0.700. The minimum Gasteiger partial charge on any atom is -0.374 e. The van der Waals surface area contributed by atoms with E-state index in [2.05, 4.69) is 4.90 Å². The van der Waals surface area contributed by atoms with E-state index in [1.54, 1.807) is 11.2 Å². The maximum absolute atomic E-state index is 12.8. The fourth-order valence-corrected chi connectivity index (χ4v) is 5.12. The minimum absolute atomic E-state index is 0.142. The quantitative estimate of drug-likeness (QED) is 0.713. The van der Waals surface area contributed by atoms with E-state index < -0.39 is 10.0 Å². The van der Waals surface area contributed by atoms with Crippen LogP contribution in [-0.2, 0) is 19.6 Å². The van der Waals surface area contributed by atoms with E-state index >= 15 is 0 Å². The van der Waals surface area contributed by atoms with Crippen molar-refractivity contribution < 1.29 is 17.9 Å². The zero-order valence-corrected chi connectivity index (χ0v) is 15.3. The monoisotopic (exact) mass is 359 g/mol. The number of fused-ring (bicyclic) bond motifs is 1. The summed E-state index contributed by atoms with van der Waals surface area (Å²) in [6.07, 6.45) is 4.67. The second kappa shape index (κ2) is 7.68. The molecule has 0 aromatic carbocycles. The van der Waals surface area contributed by atoms with Crippen molar-refractivity contribution in [3.05, 3.63) is 0 Å². The van der Waals surface area contributed by atoms with Gasteiger partial charge in [0.2, 0.25) is 15.9 Å². The van der Waals surface area contributed by atoms with E-state index in [-0.39, 0.29) is 23.8 Å². The van der Waals surface area contributed by atoms with Crippen LogP contribution < -0.4 is 0 Å². The first kappa shape index (κ1) is 18.1. The summed E-state index contributed by atoms with van der Waals surface area (Å²) in [4.78, 5) is 16.8. The molecule has 1 saturated carbocycles. The predicted molar refractivity (Wildman–Crippen MR) is 91.2 cm³/mol. The second-order valence-corrected chi connectivity index (χ2v) is 9.18. The molecule has 0 aromatic heterocycles. The molecule has 24 heavy (non-hydrogen) atoms. The highest BCUT2D eigenvalue weighted by Gasteiger charge is 2.37. The highest BCUT2D eigenvalue weighted by atomic mass is 32.2. The number of carbonyl (C=O) groups is 1. The number of amides is 1.